The fourth-order valence-corrected chi connectivity index (χ4v) is 3.46. The molecule has 0 amide bonds. The molecule has 2 aromatic rings. The number of Topliss-reactive ketones (excluding diaryl/α,β-unsaturated/α-hetero) is 1. The molecule has 5 nitrogen and oxygen atoms in total. The highest BCUT2D eigenvalue weighted by Crippen LogP contribution is 2.27. The number of ether oxygens (including phenoxy) is 2. The Balaban J connectivity index is 1.49. The first-order valence-corrected chi connectivity index (χ1v) is 10.3. The molecular formula is C23H24Cl2N2O3. The lowest BCUT2D eigenvalue weighted by molar-refractivity contribution is -0.121. The van der Waals surface area contributed by atoms with Gasteiger partial charge in [0.25, 0.3) is 0 Å². The van der Waals surface area contributed by atoms with E-state index < -0.39 is 0 Å². The molecular weight excluding hydrogens is 423 g/mol. The largest absolute Gasteiger partial charge is 0.486 e. The van der Waals surface area contributed by atoms with Crippen LogP contribution in [0.5, 0.6) is 5.75 Å². The van der Waals surface area contributed by atoms with E-state index in [1.807, 2.05) is 41.6 Å². The zero-order valence-electron chi connectivity index (χ0n) is 16.5. The minimum atomic E-state index is -0.203. The second-order valence-electron chi connectivity index (χ2n) is 6.87. The van der Waals surface area contributed by atoms with Gasteiger partial charge < -0.3 is 19.3 Å². The Hall–Kier alpha value is -2.47. The molecule has 0 aromatic heterocycles. The average molecular weight is 447 g/mol. The lowest BCUT2D eigenvalue weighted by Gasteiger charge is -2.26. The van der Waals surface area contributed by atoms with Gasteiger partial charge in [-0.2, -0.15) is 0 Å². The summed E-state index contributed by atoms with van der Waals surface area (Å²) >= 11 is 12.2. The van der Waals surface area contributed by atoms with Crippen LogP contribution in [0.4, 0.5) is 0 Å². The Bertz CT molecular complexity index is 886. The van der Waals surface area contributed by atoms with Crippen LogP contribution in [0.2, 0.25) is 10.0 Å². The van der Waals surface area contributed by atoms with Crippen LogP contribution < -0.4 is 4.74 Å². The quantitative estimate of drug-likeness (QED) is 0.457. The van der Waals surface area contributed by atoms with Crippen molar-refractivity contribution >= 4 is 29.0 Å². The zero-order chi connectivity index (χ0) is 21.3. The van der Waals surface area contributed by atoms with E-state index in [-0.39, 0.29) is 25.0 Å². The molecule has 0 spiro atoms. The number of rotatable bonds is 11. The monoisotopic (exact) mass is 446 g/mol. The van der Waals surface area contributed by atoms with Gasteiger partial charge in [-0.25, -0.2) is 0 Å². The number of hydrogen-bond donors (Lipinski definition) is 0. The van der Waals surface area contributed by atoms with E-state index in [0.717, 1.165) is 5.56 Å². The third-order valence-corrected chi connectivity index (χ3v) is 5.11. The molecule has 3 rings (SSSR count). The molecule has 1 atom stereocenters. The summed E-state index contributed by atoms with van der Waals surface area (Å²) in [7, 11) is 0. The highest BCUT2D eigenvalue weighted by Gasteiger charge is 2.22. The molecule has 0 fully saturated rings. The summed E-state index contributed by atoms with van der Waals surface area (Å²) in [6.07, 6.45) is 5.37. The van der Waals surface area contributed by atoms with Crippen molar-refractivity contribution in [3.8, 4) is 5.75 Å². The summed E-state index contributed by atoms with van der Waals surface area (Å²) in [6, 6.07) is 14.6. The van der Waals surface area contributed by atoms with Crippen LogP contribution in [0.1, 0.15) is 11.7 Å². The number of ketones is 1. The predicted octanol–water partition coefficient (Wildman–Crippen LogP) is 4.93. The smallest absolute Gasteiger partial charge is 0.189 e. The van der Waals surface area contributed by atoms with Gasteiger partial charge in [-0.15, -0.1) is 6.58 Å². The number of halogens is 2. The Kier molecular flexibility index (Phi) is 8.20. The van der Waals surface area contributed by atoms with Gasteiger partial charge >= 0.3 is 0 Å². The lowest BCUT2D eigenvalue weighted by atomic mass is 10.1. The van der Waals surface area contributed by atoms with Crippen molar-refractivity contribution in [2.75, 3.05) is 33.0 Å². The van der Waals surface area contributed by atoms with Gasteiger partial charge in [-0.05, 0) is 30.3 Å². The molecule has 0 saturated carbocycles. The Labute approximate surface area is 187 Å². The Morgan fingerprint density at radius 1 is 1.10 bits per heavy atom. The van der Waals surface area contributed by atoms with Gasteiger partial charge in [-0.3, -0.25) is 4.79 Å². The van der Waals surface area contributed by atoms with Crippen molar-refractivity contribution in [1.29, 1.82) is 0 Å². The third-order valence-electron chi connectivity index (χ3n) is 4.51. The first-order chi connectivity index (χ1) is 14.5. The molecule has 1 aliphatic rings. The van der Waals surface area contributed by atoms with Crippen LogP contribution in [-0.4, -0.2) is 48.6 Å². The molecule has 0 bridgehead atoms. The van der Waals surface area contributed by atoms with Crippen LogP contribution >= 0.6 is 23.2 Å². The van der Waals surface area contributed by atoms with Gasteiger partial charge in [0.15, 0.2) is 5.78 Å². The molecule has 0 saturated heterocycles. The first kappa shape index (κ1) is 22.2. The number of nitrogens with zero attached hydrogens (tertiary/aromatic N) is 2. The van der Waals surface area contributed by atoms with Crippen LogP contribution in [0.3, 0.4) is 0 Å². The molecule has 0 aliphatic carbocycles. The van der Waals surface area contributed by atoms with Gasteiger partial charge in [0, 0.05) is 34.6 Å². The maximum absolute atomic E-state index is 12.3. The second kappa shape index (κ2) is 11.1. The van der Waals surface area contributed by atoms with Gasteiger partial charge in [0.05, 0.1) is 19.8 Å². The standard InChI is InChI=1S/C23H24Cl2N2O3/c1-2-13-29-23(21-5-3-4-6-22(21)25)15-27-12-11-26(17-27)14-19(28)16-30-20-9-7-18(24)8-10-20/h2-12,23H,1,13-17H2. The summed E-state index contributed by atoms with van der Waals surface area (Å²) < 4.78 is 11.5. The molecule has 7 heteroatoms. The van der Waals surface area contributed by atoms with Crippen molar-refractivity contribution in [1.82, 2.24) is 9.80 Å². The van der Waals surface area contributed by atoms with Crippen LogP contribution in [0.15, 0.2) is 73.6 Å². The van der Waals surface area contributed by atoms with Crippen molar-refractivity contribution in [3.05, 3.63) is 89.2 Å². The normalized spacial score (nSPS) is 14.1. The van der Waals surface area contributed by atoms with Crippen molar-refractivity contribution in [2.24, 2.45) is 0 Å². The molecule has 0 N–H and O–H groups in total. The minimum Gasteiger partial charge on any atom is -0.486 e. The Morgan fingerprint density at radius 3 is 2.57 bits per heavy atom. The van der Waals surface area contributed by atoms with E-state index in [2.05, 4.69) is 11.5 Å². The predicted molar refractivity (Wildman–Crippen MR) is 120 cm³/mol. The molecule has 158 valence electrons. The van der Waals surface area contributed by atoms with Crippen LogP contribution in [0, 0.1) is 0 Å². The highest BCUT2D eigenvalue weighted by atomic mass is 35.5. The highest BCUT2D eigenvalue weighted by molar-refractivity contribution is 6.31. The van der Waals surface area contributed by atoms with E-state index in [0.29, 0.717) is 35.6 Å². The van der Waals surface area contributed by atoms with E-state index in [4.69, 9.17) is 32.7 Å². The number of hydrogen-bond acceptors (Lipinski definition) is 5. The summed E-state index contributed by atoms with van der Waals surface area (Å²) in [5.74, 6) is 0.607. The molecule has 30 heavy (non-hydrogen) atoms. The van der Waals surface area contributed by atoms with Gasteiger partial charge in [-0.1, -0.05) is 47.5 Å². The Morgan fingerprint density at radius 2 is 1.83 bits per heavy atom. The fraction of sp³-hybridized carbons (Fsp3) is 0.261. The lowest BCUT2D eigenvalue weighted by Crippen LogP contribution is -2.33. The SMILES string of the molecule is C=CCOC(CN1C=CN(CC(=O)COc2ccc(Cl)cc2)C1)c1ccccc1Cl. The summed E-state index contributed by atoms with van der Waals surface area (Å²) in [6.45, 7) is 5.63. The zero-order valence-corrected chi connectivity index (χ0v) is 18.1. The van der Waals surface area contributed by atoms with Crippen LogP contribution in [-0.2, 0) is 9.53 Å². The van der Waals surface area contributed by atoms with Crippen molar-refractivity contribution in [2.45, 2.75) is 6.10 Å². The number of carbonyl (C=O) groups excluding carboxylic acids is 1. The number of carbonyl (C=O) groups is 1. The summed E-state index contributed by atoms with van der Waals surface area (Å²) in [5.41, 5.74) is 0.931. The van der Waals surface area contributed by atoms with Gasteiger partial charge in [0.2, 0.25) is 0 Å². The topological polar surface area (TPSA) is 42.0 Å². The molecule has 0 radical (unpaired) electrons. The second-order valence-corrected chi connectivity index (χ2v) is 7.71. The summed E-state index contributed by atoms with van der Waals surface area (Å²) in [4.78, 5) is 16.3. The van der Waals surface area contributed by atoms with Crippen molar-refractivity contribution < 1.29 is 14.3 Å². The minimum absolute atomic E-state index is 0.0106. The summed E-state index contributed by atoms with van der Waals surface area (Å²) in [5, 5.41) is 1.30. The molecule has 1 aliphatic heterocycles. The van der Waals surface area contributed by atoms with E-state index in [1.54, 1.807) is 30.3 Å². The van der Waals surface area contributed by atoms with Crippen LogP contribution in [0.25, 0.3) is 0 Å². The molecule has 1 heterocycles. The molecule has 1 unspecified atom stereocenters. The number of benzene rings is 2. The van der Waals surface area contributed by atoms with E-state index in [9.17, 15) is 4.79 Å². The van der Waals surface area contributed by atoms with Gasteiger partial charge in [0.1, 0.15) is 18.5 Å². The maximum atomic E-state index is 12.3. The van der Waals surface area contributed by atoms with Crippen molar-refractivity contribution in [3.63, 3.8) is 0 Å². The van der Waals surface area contributed by atoms with E-state index in [1.165, 1.54) is 0 Å². The maximum Gasteiger partial charge on any atom is 0.189 e. The van der Waals surface area contributed by atoms with E-state index >= 15 is 0 Å². The fourth-order valence-electron chi connectivity index (χ4n) is 3.08. The first-order valence-electron chi connectivity index (χ1n) is 9.58. The third kappa shape index (κ3) is 6.52. The molecule has 2 aromatic carbocycles. The average Bonchev–Trinajstić information content (AvgIpc) is 3.18.